The molecule has 0 aromatic carbocycles. The lowest BCUT2D eigenvalue weighted by atomic mass is 10.1. The van der Waals surface area contributed by atoms with Gasteiger partial charge in [-0.1, -0.05) is 33.1 Å². The summed E-state index contributed by atoms with van der Waals surface area (Å²) in [7, 11) is 0. The Bertz CT molecular complexity index is 104. The normalized spacial score (nSPS) is 15.7. The summed E-state index contributed by atoms with van der Waals surface area (Å²) >= 11 is 0. The minimum absolute atomic E-state index is 0.187. The smallest absolute Gasteiger partial charge is 0.0594 e. The van der Waals surface area contributed by atoms with Gasteiger partial charge in [0.25, 0.3) is 0 Å². The van der Waals surface area contributed by atoms with Crippen LogP contribution < -0.4 is 0 Å². The second-order valence-electron chi connectivity index (χ2n) is 3.80. The molecule has 0 amide bonds. The molecule has 0 aliphatic rings. The van der Waals surface area contributed by atoms with E-state index >= 15 is 0 Å². The fraction of sp³-hybridized carbons (Fsp3) is 1.00. The zero-order valence-corrected chi connectivity index (χ0v) is 9.25. The van der Waals surface area contributed by atoms with Gasteiger partial charge < -0.3 is 9.84 Å². The predicted molar refractivity (Wildman–Crippen MR) is 55.8 cm³/mol. The lowest BCUT2D eigenvalue weighted by Gasteiger charge is -2.18. The van der Waals surface area contributed by atoms with Crippen LogP contribution in [-0.2, 0) is 4.74 Å². The third-order valence-electron chi connectivity index (χ3n) is 2.47. The molecule has 0 rings (SSSR count). The zero-order valence-electron chi connectivity index (χ0n) is 9.25. The molecular formula is C11H24O2. The molecule has 0 aliphatic heterocycles. The summed E-state index contributed by atoms with van der Waals surface area (Å²) in [5.74, 6) is 0.256. The van der Waals surface area contributed by atoms with Crippen molar-refractivity contribution < 1.29 is 9.84 Å². The van der Waals surface area contributed by atoms with Gasteiger partial charge in [0.15, 0.2) is 0 Å². The van der Waals surface area contributed by atoms with E-state index in [1.54, 1.807) is 0 Å². The lowest BCUT2D eigenvalue weighted by molar-refractivity contribution is 0.0101. The summed E-state index contributed by atoms with van der Waals surface area (Å²) in [6.45, 7) is 7.30. The van der Waals surface area contributed by atoms with Crippen LogP contribution in [0.5, 0.6) is 0 Å². The molecule has 2 nitrogen and oxygen atoms in total. The lowest BCUT2D eigenvalue weighted by Crippen LogP contribution is -2.21. The van der Waals surface area contributed by atoms with E-state index in [9.17, 15) is 0 Å². The number of aliphatic hydroxyl groups is 1. The molecule has 0 bridgehead atoms. The maximum atomic E-state index is 8.87. The molecule has 2 unspecified atom stereocenters. The van der Waals surface area contributed by atoms with Gasteiger partial charge >= 0.3 is 0 Å². The van der Waals surface area contributed by atoms with Crippen LogP contribution in [0.15, 0.2) is 0 Å². The Hall–Kier alpha value is -0.0800. The van der Waals surface area contributed by atoms with E-state index in [0.717, 1.165) is 13.0 Å². The van der Waals surface area contributed by atoms with Gasteiger partial charge in [0.2, 0.25) is 0 Å². The summed E-state index contributed by atoms with van der Waals surface area (Å²) in [6.07, 6.45) is 5.16. The van der Waals surface area contributed by atoms with E-state index in [-0.39, 0.29) is 18.6 Å². The summed E-state index contributed by atoms with van der Waals surface area (Å²) in [6, 6.07) is 0. The molecular weight excluding hydrogens is 164 g/mol. The molecule has 13 heavy (non-hydrogen) atoms. The van der Waals surface area contributed by atoms with Crippen LogP contribution in [0, 0.1) is 5.92 Å². The van der Waals surface area contributed by atoms with Gasteiger partial charge in [-0.05, 0) is 13.3 Å². The molecule has 0 radical (unpaired) electrons. The van der Waals surface area contributed by atoms with Crippen molar-refractivity contribution in [2.24, 2.45) is 5.92 Å². The molecule has 0 fully saturated rings. The average Bonchev–Trinajstić information content (AvgIpc) is 2.16. The highest BCUT2D eigenvalue weighted by Crippen LogP contribution is 2.07. The van der Waals surface area contributed by atoms with Gasteiger partial charge in [-0.15, -0.1) is 0 Å². The molecule has 0 saturated heterocycles. The van der Waals surface area contributed by atoms with Gasteiger partial charge in [-0.2, -0.15) is 0 Å². The molecule has 0 saturated carbocycles. The van der Waals surface area contributed by atoms with E-state index in [1.807, 2.05) is 13.8 Å². The van der Waals surface area contributed by atoms with Crippen LogP contribution >= 0.6 is 0 Å². The largest absolute Gasteiger partial charge is 0.396 e. The Kier molecular flexibility index (Phi) is 8.46. The Morgan fingerprint density at radius 2 is 1.85 bits per heavy atom. The van der Waals surface area contributed by atoms with Crippen LogP contribution in [0.2, 0.25) is 0 Å². The van der Waals surface area contributed by atoms with Crippen molar-refractivity contribution in [3.63, 3.8) is 0 Å². The van der Waals surface area contributed by atoms with Gasteiger partial charge in [0, 0.05) is 19.1 Å². The molecule has 80 valence electrons. The van der Waals surface area contributed by atoms with E-state index in [2.05, 4.69) is 6.92 Å². The first kappa shape index (κ1) is 12.9. The first-order chi connectivity index (χ1) is 6.22. The second-order valence-corrected chi connectivity index (χ2v) is 3.80. The van der Waals surface area contributed by atoms with Crippen LogP contribution in [-0.4, -0.2) is 24.4 Å². The van der Waals surface area contributed by atoms with Crippen molar-refractivity contribution in [3.8, 4) is 0 Å². The van der Waals surface area contributed by atoms with Crippen LogP contribution in [0.1, 0.15) is 46.5 Å². The van der Waals surface area contributed by atoms with Gasteiger partial charge in [0.05, 0.1) is 6.10 Å². The average molecular weight is 188 g/mol. The maximum absolute atomic E-state index is 8.87. The number of unbranched alkanes of at least 4 members (excludes halogenated alkanes) is 3. The Morgan fingerprint density at radius 3 is 2.38 bits per heavy atom. The van der Waals surface area contributed by atoms with Gasteiger partial charge in [-0.3, -0.25) is 0 Å². The monoisotopic (exact) mass is 188 g/mol. The molecule has 0 aromatic heterocycles. The van der Waals surface area contributed by atoms with Crippen molar-refractivity contribution in [2.75, 3.05) is 13.2 Å². The highest BCUT2D eigenvalue weighted by molar-refractivity contribution is 4.58. The van der Waals surface area contributed by atoms with Gasteiger partial charge in [-0.25, -0.2) is 0 Å². The van der Waals surface area contributed by atoms with E-state index in [1.165, 1.54) is 19.3 Å². The van der Waals surface area contributed by atoms with Crippen molar-refractivity contribution in [2.45, 2.75) is 52.6 Å². The van der Waals surface area contributed by atoms with Crippen molar-refractivity contribution in [1.29, 1.82) is 0 Å². The Labute approximate surface area is 82.3 Å². The first-order valence-electron chi connectivity index (χ1n) is 5.44. The fourth-order valence-corrected chi connectivity index (χ4v) is 1.11. The third-order valence-corrected chi connectivity index (χ3v) is 2.47. The highest BCUT2D eigenvalue weighted by Gasteiger charge is 2.10. The van der Waals surface area contributed by atoms with E-state index in [4.69, 9.17) is 9.84 Å². The molecule has 0 aliphatic carbocycles. The van der Waals surface area contributed by atoms with Crippen molar-refractivity contribution >= 4 is 0 Å². The number of ether oxygens (including phenoxy) is 1. The summed E-state index contributed by atoms with van der Waals surface area (Å²) in [5.41, 5.74) is 0. The fourth-order valence-electron chi connectivity index (χ4n) is 1.11. The SMILES string of the molecule is CCCCCCOC(C)C(C)CO. The summed E-state index contributed by atoms with van der Waals surface area (Å²) < 4.78 is 5.58. The quantitative estimate of drug-likeness (QED) is 0.593. The molecule has 2 heteroatoms. The zero-order chi connectivity index (χ0) is 10.1. The number of rotatable bonds is 8. The third kappa shape index (κ3) is 7.03. The minimum Gasteiger partial charge on any atom is -0.396 e. The highest BCUT2D eigenvalue weighted by atomic mass is 16.5. The number of aliphatic hydroxyl groups excluding tert-OH is 1. The standard InChI is InChI=1S/C11H24O2/c1-4-5-6-7-8-13-11(3)10(2)9-12/h10-12H,4-9H2,1-3H3. The van der Waals surface area contributed by atoms with Crippen LogP contribution in [0.4, 0.5) is 0 Å². The summed E-state index contributed by atoms with van der Waals surface area (Å²) in [5, 5.41) is 8.87. The maximum Gasteiger partial charge on any atom is 0.0594 e. The molecule has 1 N–H and O–H groups in total. The Balaban J connectivity index is 3.21. The van der Waals surface area contributed by atoms with Crippen LogP contribution in [0.25, 0.3) is 0 Å². The molecule has 0 aromatic rings. The van der Waals surface area contributed by atoms with E-state index in [0.29, 0.717) is 0 Å². The minimum atomic E-state index is 0.187. The number of hydrogen-bond acceptors (Lipinski definition) is 2. The summed E-state index contributed by atoms with van der Waals surface area (Å²) in [4.78, 5) is 0. The van der Waals surface area contributed by atoms with Crippen LogP contribution in [0.3, 0.4) is 0 Å². The molecule has 0 heterocycles. The van der Waals surface area contributed by atoms with Crippen molar-refractivity contribution in [3.05, 3.63) is 0 Å². The molecule has 2 atom stereocenters. The van der Waals surface area contributed by atoms with Crippen molar-refractivity contribution in [1.82, 2.24) is 0 Å². The second kappa shape index (κ2) is 8.52. The number of hydrogen-bond donors (Lipinski definition) is 1. The van der Waals surface area contributed by atoms with E-state index < -0.39 is 0 Å². The molecule has 0 spiro atoms. The Morgan fingerprint density at radius 1 is 1.15 bits per heavy atom. The van der Waals surface area contributed by atoms with Gasteiger partial charge in [0.1, 0.15) is 0 Å². The predicted octanol–water partition coefficient (Wildman–Crippen LogP) is 2.60. The first-order valence-corrected chi connectivity index (χ1v) is 5.44. The topological polar surface area (TPSA) is 29.5 Å².